The highest BCUT2D eigenvalue weighted by Crippen LogP contribution is 2.22. The lowest BCUT2D eigenvalue weighted by molar-refractivity contribution is 0.746. The molecule has 1 aromatic carbocycles. The molecular formula is C16H22N2. The van der Waals surface area contributed by atoms with Gasteiger partial charge in [-0.3, -0.25) is 4.98 Å². The number of hydrogen-bond donors (Lipinski definition) is 1. The number of benzene rings is 1. The number of aryl methyl sites for hydroxylation is 3. The van der Waals surface area contributed by atoms with Crippen molar-refractivity contribution in [2.75, 3.05) is 6.54 Å². The zero-order chi connectivity index (χ0) is 13.0. The second-order valence-corrected chi connectivity index (χ2v) is 4.87. The minimum Gasteiger partial charge on any atom is -0.330 e. The average molecular weight is 242 g/mol. The molecule has 0 unspecified atom stereocenters. The number of pyridine rings is 1. The van der Waals surface area contributed by atoms with Crippen molar-refractivity contribution in [2.24, 2.45) is 5.73 Å². The third-order valence-electron chi connectivity index (χ3n) is 3.40. The van der Waals surface area contributed by atoms with Gasteiger partial charge in [-0.15, -0.1) is 0 Å². The molecule has 0 spiro atoms. The Labute approximate surface area is 109 Å². The Morgan fingerprint density at radius 1 is 1.17 bits per heavy atom. The van der Waals surface area contributed by atoms with Crippen LogP contribution in [-0.4, -0.2) is 11.5 Å². The molecule has 0 atom stereocenters. The molecule has 2 aromatic rings. The van der Waals surface area contributed by atoms with Crippen molar-refractivity contribution in [3.05, 3.63) is 41.1 Å². The zero-order valence-electron chi connectivity index (χ0n) is 11.4. The first-order valence-corrected chi connectivity index (χ1v) is 6.84. The normalized spacial score (nSPS) is 11.1. The minimum atomic E-state index is 0.780. The van der Waals surface area contributed by atoms with Crippen molar-refractivity contribution in [1.29, 1.82) is 0 Å². The Bertz CT molecular complexity index is 532. The monoisotopic (exact) mass is 242 g/mol. The van der Waals surface area contributed by atoms with Crippen molar-refractivity contribution in [2.45, 2.75) is 39.5 Å². The number of unbranched alkanes of at least 4 members (excludes halogenated alkanes) is 1. The van der Waals surface area contributed by atoms with Crippen LogP contribution in [0.1, 0.15) is 36.6 Å². The molecule has 96 valence electrons. The number of hydrogen-bond acceptors (Lipinski definition) is 2. The third kappa shape index (κ3) is 2.88. The summed E-state index contributed by atoms with van der Waals surface area (Å²) in [4.78, 5) is 4.62. The van der Waals surface area contributed by atoms with Crippen LogP contribution in [0.15, 0.2) is 24.3 Å². The van der Waals surface area contributed by atoms with E-state index < -0.39 is 0 Å². The SMILES string of the molecule is CCc1ccc2nc(C)cc(CCCCN)c2c1. The van der Waals surface area contributed by atoms with Crippen LogP contribution in [0.4, 0.5) is 0 Å². The van der Waals surface area contributed by atoms with Crippen molar-refractivity contribution in [1.82, 2.24) is 4.98 Å². The summed E-state index contributed by atoms with van der Waals surface area (Å²) in [6, 6.07) is 8.84. The Morgan fingerprint density at radius 2 is 2.00 bits per heavy atom. The number of rotatable bonds is 5. The summed E-state index contributed by atoms with van der Waals surface area (Å²) in [6.45, 7) is 5.04. The summed E-state index contributed by atoms with van der Waals surface area (Å²) in [7, 11) is 0. The highest BCUT2D eigenvalue weighted by molar-refractivity contribution is 5.83. The molecule has 0 saturated heterocycles. The van der Waals surface area contributed by atoms with Gasteiger partial charge in [0, 0.05) is 11.1 Å². The van der Waals surface area contributed by atoms with Crippen LogP contribution in [0.5, 0.6) is 0 Å². The Hall–Kier alpha value is -1.41. The Morgan fingerprint density at radius 3 is 2.72 bits per heavy atom. The second-order valence-electron chi connectivity index (χ2n) is 4.87. The number of nitrogens with two attached hydrogens (primary N) is 1. The van der Waals surface area contributed by atoms with Gasteiger partial charge in [0.2, 0.25) is 0 Å². The Balaban J connectivity index is 2.41. The first-order valence-electron chi connectivity index (χ1n) is 6.84. The van der Waals surface area contributed by atoms with Gasteiger partial charge in [-0.2, -0.15) is 0 Å². The van der Waals surface area contributed by atoms with Gasteiger partial charge in [-0.1, -0.05) is 13.0 Å². The van der Waals surface area contributed by atoms with E-state index in [0.717, 1.165) is 43.4 Å². The topological polar surface area (TPSA) is 38.9 Å². The molecule has 18 heavy (non-hydrogen) atoms. The zero-order valence-corrected chi connectivity index (χ0v) is 11.4. The van der Waals surface area contributed by atoms with Crippen molar-refractivity contribution >= 4 is 10.9 Å². The van der Waals surface area contributed by atoms with E-state index in [1.165, 1.54) is 16.5 Å². The first-order chi connectivity index (χ1) is 8.74. The molecule has 0 fully saturated rings. The molecular weight excluding hydrogens is 220 g/mol. The lowest BCUT2D eigenvalue weighted by atomic mass is 10.00. The maximum absolute atomic E-state index is 5.57. The number of fused-ring (bicyclic) bond motifs is 1. The summed E-state index contributed by atoms with van der Waals surface area (Å²) in [5.74, 6) is 0. The van der Waals surface area contributed by atoms with Gasteiger partial charge in [0.05, 0.1) is 5.52 Å². The summed E-state index contributed by atoms with van der Waals surface area (Å²) >= 11 is 0. The highest BCUT2D eigenvalue weighted by atomic mass is 14.7. The molecule has 0 radical (unpaired) electrons. The van der Waals surface area contributed by atoms with Crippen LogP contribution in [0.2, 0.25) is 0 Å². The average Bonchev–Trinajstić information content (AvgIpc) is 2.38. The lowest BCUT2D eigenvalue weighted by Gasteiger charge is -2.09. The molecule has 0 aliphatic carbocycles. The lowest BCUT2D eigenvalue weighted by Crippen LogP contribution is -2.00. The van der Waals surface area contributed by atoms with Crippen LogP contribution in [0.3, 0.4) is 0 Å². The largest absolute Gasteiger partial charge is 0.330 e. The van der Waals surface area contributed by atoms with Gasteiger partial charge in [0.25, 0.3) is 0 Å². The molecule has 2 N–H and O–H groups in total. The highest BCUT2D eigenvalue weighted by Gasteiger charge is 2.05. The van der Waals surface area contributed by atoms with Crippen molar-refractivity contribution in [3.8, 4) is 0 Å². The van der Waals surface area contributed by atoms with E-state index in [9.17, 15) is 0 Å². The van der Waals surface area contributed by atoms with E-state index in [1.54, 1.807) is 0 Å². The minimum absolute atomic E-state index is 0.780. The van der Waals surface area contributed by atoms with E-state index >= 15 is 0 Å². The number of nitrogens with zero attached hydrogens (tertiary/aromatic N) is 1. The molecule has 0 aliphatic rings. The molecule has 0 aliphatic heterocycles. The van der Waals surface area contributed by atoms with E-state index in [2.05, 4.69) is 43.1 Å². The fraction of sp³-hybridized carbons (Fsp3) is 0.438. The summed E-state index contributed by atoms with van der Waals surface area (Å²) in [5, 5.41) is 1.32. The predicted molar refractivity (Wildman–Crippen MR) is 77.9 cm³/mol. The molecule has 2 nitrogen and oxygen atoms in total. The van der Waals surface area contributed by atoms with E-state index in [1.807, 2.05) is 0 Å². The molecule has 1 heterocycles. The van der Waals surface area contributed by atoms with Crippen LogP contribution < -0.4 is 5.73 Å². The quantitative estimate of drug-likeness (QED) is 0.816. The van der Waals surface area contributed by atoms with E-state index in [4.69, 9.17) is 5.73 Å². The first kappa shape index (κ1) is 13.0. The summed E-state index contributed by atoms with van der Waals surface area (Å²) in [6.07, 6.45) is 4.43. The summed E-state index contributed by atoms with van der Waals surface area (Å²) < 4.78 is 0. The molecule has 0 saturated carbocycles. The smallest absolute Gasteiger partial charge is 0.0708 e. The molecule has 2 heteroatoms. The maximum atomic E-state index is 5.57. The van der Waals surface area contributed by atoms with Crippen molar-refractivity contribution in [3.63, 3.8) is 0 Å². The van der Waals surface area contributed by atoms with Gasteiger partial charge < -0.3 is 5.73 Å². The van der Waals surface area contributed by atoms with Gasteiger partial charge >= 0.3 is 0 Å². The predicted octanol–water partition coefficient (Wildman–Crippen LogP) is 3.39. The molecule has 0 bridgehead atoms. The van der Waals surface area contributed by atoms with Crippen LogP contribution >= 0.6 is 0 Å². The van der Waals surface area contributed by atoms with Crippen LogP contribution in [0.25, 0.3) is 10.9 Å². The molecule has 0 amide bonds. The van der Waals surface area contributed by atoms with Crippen molar-refractivity contribution < 1.29 is 0 Å². The van der Waals surface area contributed by atoms with E-state index in [-0.39, 0.29) is 0 Å². The standard InChI is InChI=1S/C16H22N2/c1-3-13-7-8-16-15(11-13)14(6-4-5-9-17)10-12(2)18-16/h7-8,10-11H,3-6,9,17H2,1-2H3. The van der Waals surface area contributed by atoms with Gasteiger partial charge in [-0.05, 0) is 68.5 Å². The van der Waals surface area contributed by atoms with Gasteiger partial charge in [0.1, 0.15) is 0 Å². The third-order valence-corrected chi connectivity index (χ3v) is 3.40. The summed E-state index contributed by atoms with van der Waals surface area (Å²) in [5.41, 5.74) is 10.6. The van der Waals surface area contributed by atoms with E-state index in [0.29, 0.717) is 0 Å². The van der Waals surface area contributed by atoms with Crippen LogP contribution in [-0.2, 0) is 12.8 Å². The maximum Gasteiger partial charge on any atom is 0.0708 e. The van der Waals surface area contributed by atoms with Crippen LogP contribution in [0, 0.1) is 6.92 Å². The number of aromatic nitrogens is 1. The van der Waals surface area contributed by atoms with Gasteiger partial charge in [0.15, 0.2) is 0 Å². The fourth-order valence-corrected chi connectivity index (χ4v) is 2.38. The fourth-order valence-electron chi connectivity index (χ4n) is 2.38. The van der Waals surface area contributed by atoms with Gasteiger partial charge in [-0.25, -0.2) is 0 Å². The Kier molecular flexibility index (Phi) is 4.32. The molecule has 1 aromatic heterocycles. The molecule has 2 rings (SSSR count). The second kappa shape index (κ2) is 5.96.